The highest BCUT2D eigenvalue weighted by Gasteiger charge is 2.14. The maximum absolute atomic E-state index is 3.73. The van der Waals surface area contributed by atoms with Gasteiger partial charge in [0, 0.05) is 17.3 Å². The molecule has 1 saturated heterocycles. The molecule has 0 radical (unpaired) electrons. The smallest absolute Gasteiger partial charge is 0.0422 e. The third-order valence-electron chi connectivity index (χ3n) is 3.59. The number of benzene rings is 2. The van der Waals surface area contributed by atoms with E-state index in [0.29, 0.717) is 6.04 Å². The van der Waals surface area contributed by atoms with Crippen LogP contribution in [-0.2, 0) is 0 Å². The first-order valence-corrected chi connectivity index (χ1v) is 8.08. The van der Waals surface area contributed by atoms with E-state index in [2.05, 4.69) is 71.7 Å². The molecule has 0 bridgehead atoms. The lowest BCUT2D eigenvalue weighted by Gasteiger charge is -2.25. The summed E-state index contributed by atoms with van der Waals surface area (Å²) in [5.41, 5.74) is 3.86. The Morgan fingerprint density at radius 2 is 1.53 bits per heavy atom. The minimum atomic E-state index is 0.631. The molecule has 0 aromatic heterocycles. The number of nitrogens with one attached hydrogen (secondary N) is 1. The fraction of sp³-hybridized carbons (Fsp3) is 0.294. The molecule has 3 rings (SSSR count). The molecule has 1 heterocycles. The summed E-state index contributed by atoms with van der Waals surface area (Å²) in [5.74, 6) is 2.57. The van der Waals surface area contributed by atoms with Crippen LogP contribution >= 0.6 is 11.8 Å². The molecule has 0 aliphatic carbocycles. The number of thioether (sulfide) groups is 1. The highest BCUT2D eigenvalue weighted by Crippen LogP contribution is 2.30. The fourth-order valence-electron chi connectivity index (χ4n) is 2.54. The normalized spacial score (nSPS) is 16.2. The summed E-state index contributed by atoms with van der Waals surface area (Å²) in [7, 11) is 0. The van der Waals surface area contributed by atoms with E-state index in [4.69, 9.17) is 0 Å². The lowest BCUT2D eigenvalue weighted by atomic mass is 10.0. The van der Waals surface area contributed by atoms with E-state index in [1.165, 1.54) is 41.2 Å². The average Bonchev–Trinajstić information content (AvgIpc) is 2.50. The van der Waals surface area contributed by atoms with E-state index in [0.717, 1.165) is 0 Å². The van der Waals surface area contributed by atoms with Crippen LogP contribution in [0.15, 0.2) is 54.6 Å². The van der Waals surface area contributed by atoms with E-state index in [1.54, 1.807) is 0 Å². The van der Waals surface area contributed by atoms with Crippen LogP contribution in [0.5, 0.6) is 0 Å². The zero-order chi connectivity index (χ0) is 12.9. The second-order valence-corrected chi connectivity index (χ2v) is 6.17. The van der Waals surface area contributed by atoms with Gasteiger partial charge in [0.2, 0.25) is 0 Å². The van der Waals surface area contributed by atoms with Crippen molar-refractivity contribution in [3.05, 3.63) is 54.6 Å². The molecule has 0 spiro atoms. The molecule has 1 aliphatic heterocycles. The van der Waals surface area contributed by atoms with Crippen molar-refractivity contribution in [2.75, 3.05) is 16.8 Å². The Balaban J connectivity index is 1.85. The quantitative estimate of drug-likeness (QED) is 0.869. The van der Waals surface area contributed by atoms with Gasteiger partial charge < -0.3 is 5.32 Å². The van der Waals surface area contributed by atoms with Gasteiger partial charge in [0.15, 0.2) is 0 Å². The van der Waals surface area contributed by atoms with E-state index < -0.39 is 0 Å². The molecule has 1 fully saturated rings. The first kappa shape index (κ1) is 12.6. The van der Waals surface area contributed by atoms with Gasteiger partial charge in [-0.1, -0.05) is 48.5 Å². The summed E-state index contributed by atoms with van der Waals surface area (Å²) < 4.78 is 0. The van der Waals surface area contributed by atoms with Crippen LogP contribution in [0.2, 0.25) is 0 Å². The van der Waals surface area contributed by atoms with Crippen LogP contribution in [-0.4, -0.2) is 17.5 Å². The van der Waals surface area contributed by atoms with E-state index >= 15 is 0 Å². The van der Waals surface area contributed by atoms with Gasteiger partial charge in [0.1, 0.15) is 0 Å². The molecule has 2 aromatic carbocycles. The van der Waals surface area contributed by atoms with Gasteiger partial charge in [-0.05, 0) is 36.0 Å². The molecule has 1 N–H and O–H groups in total. The fourth-order valence-corrected chi connectivity index (χ4v) is 3.65. The molecule has 0 amide bonds. The molecule has 1 nitrogen and oxygen atoms in total. The minimum Gasteiger partial charge on any atom is -0.382 e. The molecule has 0 unspecified atom stereocenters. The maximum atomic E-state index is 3.73. The van der Waals surface area contributed by atoms with E-state index in [-0.39, 0.29) is 0 Å². The number of hydrogen-bond acceptors (Lipinski definition) is 2. The summed E-state index contributed by atoms with van der Waals surface area (Å²) in [4.78, 5) is 0. The van der Waals surface area contributed by atoms with Crippen molar-refractivity contribution in [2.24, 2.45) is 0 Å². The van der Waals surface area contributed by atoms with Crippen molar-refractivity contribution in [1.29, 1.82) is 0 Å². The zero-order valence-corrected chi connectivity index (χ0v) is 11.8. The monoisotopic (exact) mass is 269 g/mol. The molecular weight excluding hydrogens is 250 g/mol. The third kappa shape index (κ3) is 3.13. The lowest BCUT2D eigenvalue weighted by Crippen LogP contribution is -2.24. The van der Waals surface area contributed by atoms with Crippen molar-refractivity contribution >= 4 is 17.4 Å². The Morgan fingerprint density at radius 3 is 2.32 bits per heavy atom. The molecule has 1 aliphatic rings. The molecule has 0 atom stereocenters. The molecular formula is C17H19NS. The van der Waals surface area contributed by atoms with Crippen LogP contribution in [0.3, 0.4) is 0 Å². The van der Waals surface area contributed by atoms with Crippen LogP contribution in [0.25, 0.3) is 11.1 Å². The molecule has 2 aromatic rings. The van der Waals surface area contributed by atoms with Crippen molar-refractivity contribution in [3.8, 4) is 11.1 Å². The summed E-state index contributed by atoms with van der Waals surface area (Å²) in [6.45, 7) is 0. The van der Waals surface area contributed by atoms with Crippen molar-refractivity contribution in [2.45, 2.75) is 18.9 Å². The largest absolute Gasteiger partial charge is 0.382 e. The van der Waals surface area contributed by atoms with Crippen LogP contribution in [0.1, 0.15) is 12.8 Å². The first-order valence-electron chi connectivity index (χ1n) is 6.92. The summed E-state index contributed by atoms with van der Waals surface area (Å²) in [6.07, 6.45) is 2.54. The zero-order valence-electron chi connectivity index (χ0n) is 11.0. The second kappa shape index (κ2) is 6.16. The maximum Gasteiger partial charge on any atom is 0.0422 e. The molecule has 98 valence electrons. The molecule has 2 heteroatoms. The van der Waals surface area contributed by atoms with E-state index in [1.807, 2.05) is 0 Å². The van der Waals surface area contributed by atoms with Gasteiger partial charge in [-0.2, -0.15) is 11.8 Å². The molecule has 0 saturated carbocycles. The Bertz CT molecular complexity index is 518. The average molecular weight is 269 g/mol. The number of anilines is 1. The van der Waals surface area contributed by atoms with Crippen molar-refractivity contribution in [1.82, 2.24) is 0 Å². The first-order chi connectivity index (χ1) is 9.43. The lowest BCUT2D eigenvalue weighted by molar-refractivity contribution is 0.667. The molecule has 19 heavy (non-hydrogen) atoms. The van der Waals surface area contributed by atoms with Crippen LogP contribution in [0, 0.1) is 0 Å². The Labute approximate surface area is 119 Å². The predicted molar refractivity (Wildman–Crippen MR) is 85.8 cm³/mol. The SMILES string of the molecule is c1ccc(-c2ccccc2NC2CCSCC2)cc1. The van der Waals surface area contributed by atoms with Crippen molar-refractivity contribution in [3.63, 3.8) is 0 Å². The summed E-state index contributed by atoms with van der Waals surface area (Å²) in [5, 5.41) is 3.73. The van der Waals surface area contributed by atoms with Crippen LogP contribution < -0.4 is 5.32 Å². The summed E-state index contributed by atoms with van der Waals surface area (Å²) >= 11 is 2.07. The third-order valence-corrected chi connectivity index (χ3v) is 4.64. The number of hydrogen-bond donors (Lipinski definition) is 1. The second-order valence-electron chi connectivity index (χ2n) is 4.94. The van der Waals surface area contributed by atoms with Gasteiger partial charge in [0.05, 0.1) is 0 Å². The highest BCUT2D eigenvalue weighted by atomic mass is 32.2. The standard InChI is InChI=1S/C17H19NS/c1-2-6-14(7-3-1)16-8-4-5-9-17(16)18-15-10-12-19-13-11-15/h1-9,15,18H,10-13H2. The Morgan fingerprint density at radius 1 is 0.842 bits per heavy atom. The van der Waals surface area contributed by atoms with Gasteiger partial charge >= 0.3 is 0 Å². The number of para-hydroxylation sites is 1. The minimum absolute atomic E-state index is 0.631. The Hall–Kier alpha value is -1.41. The predicted octanol–water partition coefficient (Wildman–Crippen LogP) is 4.66. The van der Waals surface area contributed by atoms with Gasteiger partial charge in [0.25, 0.3) is 0 Å². The highest BCUT2D eigenvalue weighted by molar-refractivity contribution is 7.99. The van der Waals surface area contributed by atoms with Gasteiger partial charge in [-0.15, -0.1) is 0 Å². The number of rotatable bonds is 3. The Kier molecular flexibility index (Phi) is 4.09. The van der Waals surface area contributed by atoms with Crippen LogP contribution in [0.4, 0.5) is 5.69 Å². The topological polar surface area (TPSA) is 12.0 Å². The van der Waals surface area contributed by atoms with Gasteiger partial charge in [-0.25, -0.2) is 0 Å². The van der Waals surface area contributed by atoms with Crippen molar-refractivity contribution < 1.29 is 0 Å². The van der Waals surface area contributed by atoms with Gasteiger partial charge in [-0.3, -0.25) is 0 Å². The summed E-state index contributed by atoms with van der Waals surface area (Å²) in [6, 6.07) is 19.9. The van der Waals surface area contributed by atoms with E-state index in [9.17, 15) is 0 Å².